The van der Waals surface area contributed by atoms with Gasteiger partial charge < -0.3 is 15.4 Å². The number of anilines is 1. The molecule has 6 heteroatoms. The van der Waals surface area contributed by atoms with Crippen LogP contribution < -0.4 is 10.6 Å². The fraction of sp³-hybridized carbons (Fsp3) is 0.474. The second-order valence-corrected chi connectivity index (χ2v) is 7.27. The summed E-state index contributed by atoms with van der Waals surface area (Å²) in [5, 5.41) is 5.89. The molecule has 0 heterocycles. The van der Waals surface area contributed by atoms with Gasteiger partial charge in [-0.3, -0.25) is 9.59 Å². The van der Waals surface area contributed by atoms with Gasteiger partial charge in [0.2, 0.25) is 11.8 Å². The minimum atomic E-state index is -0.881. The highest BCUT2D eigenvalue weighted by Crippen LogP contribution is 2.30. The van der Waals surface area contributed by atoms with Crippen LogP contribution in [-0.4, -0.2) is 30.1 Å². The lowest BCUT2D eigenvalue weighted by Gasteiger charge is -2.37. The van der Waals surface area contributed by atoms with Crippen molar-refractivity contribution >= 4 is 33.4 Å². The number of rotatable bonds is 7. The minimum Gasteiger partial charge on any atom is -0.365 e. The minimum absolute atomic E-state index is 0.168. The normalized spacial score (nSPS) is 17.4. The van der Waals surface area contributed by atoms with Gasteiger partial charge in [0.25, 0.3) is 0 Å². The van der Waals surface area contributed by atoms with E-state index in [0.29, 0.717) is 25.1 Å². The van der Waals surface area contributed by atoms with Gasteiger partial charge in [-0.1, -0.05) is 41.3 Å². The van der Waals surface area contributed by atoms with Crippen molar-refractivity contribution in [3.63, 3.8) is 0 Å². The van der Waals surface area contributed by atoms with Gasteiger partial charge in [-0.05, 0) is 44.0 Å². The fourth-order valence-corrected chi connectivity index (χ4v) is 3.24. The Bertz CT molecular complexity index is 610. The van der Waals surface area contributed by atoms with Crippen LogP contribution in [0.3, 0.4) is 0 Å². The third-order valence-electron chi connectivity index (χ3n) is 4.44. The summed E-state index contributed by atoms with van der Waals surface area (Å²) in [4.78, 5) is 25.4. The summed E-state index contributed by atoms with van der Waals surface area (Å²) in [5.41, 5.74) is -0.169. The van der Waals surface area contributed by atoms with Gasteiger partial charge in [-0.15, -0.1) is 6.58 Å². The van der Waals surface area contributed by atoms with Crippen molar-refractivity contribution in [1.29, 1.82) is 0 Å². The molecule has 1 aromatic rings. The Morgan fingerprint density at radius 3 is 2.52 bits per heavy atom. The highest BCUT2D eigenvalue weighted by molar-refractivity contribution is 9.10. The summed E-state index contributed by atoms with van der Waals surface area (Å²) in [7, 11) is 0. The van der Waals surface area contributed by atoms with Crippen molar-refractivity contribution < 1.29 is 14.3 Å². The molecule has 0 aliphatic heterocycles. The first-order valence-corrected chi connectivity index (χ1v) is 9.38. The van der Waals surface area contributed by atoms with Gasteiger partial charge >= 0.3 is 0 Å². The topological polar surface area (TPSA) is 67.4 Å². The summed E-state index contributed by atoms with van der Waals surface area (Å²) in [6.45, 7) is 5.56. The van der Waals surface area contributed by atoms with Crippen molar-refractivity contribution in [3.05, 3.63) is 41.4 Å². The Morgan fingerprint density at radius 2 is 1.92 bits per heavy atom. The van der Waals surface area contributed by atoms with Crippen LogP contribution in [0.15, 0.2) is 41.4 Å². The molecule has 136 valence electrons. The molecule has 0 spiro atoms. The van der Waals surface area contributed by atoms with E-state index in [0.717, 1.165) is 23.7 Å². The van der Waals surface area contributed by atoms with Gasteiger partial charge in [-0.25, -0.2) is 0 Å². The van der Waals surface area contributed by atoms with E-state index in [4.69, 9.17) is 4.74 Å². The molecule has 1 aliphatic carbocycles. The predicted molar refractivity (Wildman–Crippen MR) is 102 cm³/mol. The lowest BCUT2D eigenvalue weighted by Crippen LogP contribution is -2.59. The molecule has 2 N–H and O–H groups in total. The number of carbonyl (C=O) groups is 2. The standard InChI is InChI=1S/C19H25BrN2O3/c1-3-13-25-14(2)17(23)22-19(11-5-4-6-12-19)18(24)21-16-9-7-15(20)8-10-16/h3,7-10,14H,1,4-6,11-13H2,2H3,(H,21,24)(H,22,23). The van der Waals surface area contributed by atoms with Crippen LogP contribution in [0, 0.1) is 0 Å². The van der Waals surface area contributed by atoms with E-state index in [9.17, 15) is 9.59 Å². The number of ether oxygens (including phenoxy) is 1. The SMILES string of the molecule is C=CCOC(C)C(=O)NC1(C(=O)Nc2ccc(Br)cc2)CCCCC1. The van der Waals surface area contributed by atoms with E-state index in [-0.39, 0.29) is 11.8 Å². The molecule has 1 aliphatic rings. The quantitative estimate of drug-likeness (QED) is 0.674. The highest BCUT2D eigenvalue weighted by atomic mass is 79.9. The largest absolute Gasteiger partial charge is 0.365 e. The fourth-order valence-electron chi connectivity index (χ4n) is 2.97. The van der Waals surface area contributed by atoms with Crippen LogP contribution in [0.5, 0.6) is 0 Å². The van der Waals surface area contributed by atoms with Crippen LogP contribution in [0.1, 0.15) is 39.0 Å². The second kappa shape index (κ2) is 9.15. The predicted octanol–water partition coefficient (Wildman–Crippen LogP) is 3.80. The van der Waals surface area contributed by atoms with Gasteiger partial charge in [0.05, 0.1) is 6.61 Å². The Balaban J connectivity index is 2.10. The molecular formula is C19H25BrN2O3. The first-order chi connectivity index (χ1) is 12.0. The first-order valence-electron chi connectivity index (χ1n) is 8.58. The second-order valence-electron chi connectivity index (χ2n) is 6.36. The smallest absolute Gasteiger partial charge is 0.250 e. The average molecular weight is 409 g/mol. The zero-order chi connectivity index (χ0) is 18.3. The van der Waals surface area contributed by atoms with E-state index in [2.05, 4.69) is 33.1 Å². The van der Waals surface area contributed by atoms with Crippen LogP contribution in [0.4, 0.5) is 5.69 Å². The molecule has 0 saturated heterocycles. The number of hydrogen-bond acceptors (Lipinski definition) is 3. The number of hydrogen-bond donors (Lipinski definition) is 2. The van der Waals surface area contributed by atoms with Gasteiger partial charge in [0.1, 0.15) is 11.6 Å². The summed E-state index contributed by atoms with van der Waals surface area (Å²) < 4.78 is 6.33. The summed E-state index contributed by atoms with van der Waals surface area (Å²) in [6, 6.07) is 7.40. The van der Waals surface area contributed by atoms with Crippen molar-refractivity contribution in [2.45, 2.75) is 50.7 Å². The van der Waals surface area contributed by atoms with Crippen molar-refractivity contribution in [1.82, 2.24) is 5.32 Å². The zero-order valence-electron chi connectivity index (χ0n) is 14.5. The molecule has 1 atom stereocenters. The first kappa shape index (κ1) is 19.7. The number of carbonyl (C=O) groups excluding carboxylic acids is 2. The maximum absolute atomic E-state index is 13.0. The summed E-state index contributed by atoms with van der Waals surface area (Å²) in [5.74, 6) is -0.437. The van der Waals surface area contributed by atoms with Crippen LogP contribution in [-0.2, 0) is 14.3 Å². The Morgan fingerprint density at radius 1 is 1.28 bits per heavy atom. The highest BCUT2D eigenvalue weighted by Gasteiger charge is 2.41. The zero-order valence-corrected chi connectivity index (χ0v) is 16.1. The van der Waals surface area contributed by atoms with Crippen molar-refractivity contribution in [2.24, 2.45) is 0 Å². The van der Waals surface area contributed by atoms with Crippen LogP contribution >= 0.6 is 15.9 Å². The number of benzene rings is 1. The molecular weight excluding hydrogens is 384 g/mol. The van der Waals surface area contributed by atoms with E-state index < -0.39 is 11.6 Å². The van der Waals surface area contributed by atoms with Crippen LogP contribution in [0.2, 0.25) is 0 Å². The molecule has 0 radical (unpaired) electrons. The molecule has 25 heavy (non-hydrogen) atoms. The molecule has 1 unspecified atom stereocenters. The molecule has 0 aromatic heterocycles. The molecule has 5 nitrogen and oxygen atoms in total. The molecule has 1 saturated carbocycles. The van der Waals surface area contributed by atoms with E-state index in [1.807, 2.05) is 24.3 Å². The monoisotopic (exact) mass is 408 g/mol. The Labute approximate surface area is 157 Å². The molecule has 2 amide bonds. The van der Waals surface area contributed by atoms with Gasteiger partial charge in [0.15, 0.2) is 0 Å². The van der Waals surface area contributed by atoms with Gasteiger partial charge in [0, 0.05) is 10.2 Å². The number of nitrogens with one attached hydrogen (secondary N) is 2. The Hall–Kier alpha value is -1.66. The lowest BCUT2D eigenvalue weighted by atomic mass is 9.80. The lowest BCUT2D eigenvalue weighted by molar-refractivity contribution is -0.138. The summed E-state index contributed by atoms with van der Waals surface area (Å²) in [6.07, 6.45) is 5.14. The van der Waals surface area contributed by atoms with E-state index in [1.54, 1.807) is 13.0 Å². The Kier molecular flexibility index (Phi) is 7.20. The molecule has 2 rings (SSSR count). The van der Waals surface area contributed by atoms with Crippen LogP contribution in [0.25, 0.3) is 0 Å². The van der Waals surface area contributed by atoms with Gasteiger partial charge in [-0.2, -0.15) is 0 Å². The van der Waals surface area contributed by atoms with E-state index in [1.165, 1.54) is 0 Å². The third-order valence-corrected chi connectivity index (χ3v) is 4.97. The maximum Gasteiger partial charge on any atom is 0.250 e. The average Bonchev–Trinajstić information content (AvgIpc) is 2.62. The molecule has 1 fully saturated rings. The molecule has 1 aromatic carbocycles. The summed E-state index contributed by atoms with van der Waals surface area (Å²) >= 11 is 3.38. The molecule has 0 bridgehead atoms. The number of halogens is 1. The van der Waals surface area contributed by atoms with Crippen molar-refractivity contribution in [3.8, 4) is 0 Å². The maximum atomic E-state index is 13.0. The van der Waals surface area contributed by atoms with E-state index >= 15 is 0 Å². The van der Waals surface area contributed by atoms with Crippen molar-refractivity contribution in [2.75, 3.05) is 11.9 Å². The third kappa shape index (κ3) is 5.41. The number of amides is 2.